The lowest BCUT2D eigenvalue weighted by atomic mass is 10.0. The van der Waals surface area contributed by atoms with Crippen molar-refractivity contribution in [3.05, 3.63) is 48.5 Å². The fraction of sp³-hybridized carbons (Fsp3) is 0.375. The van der Waals surface area contributed by atoms with Crippen molar-refractivity contribution in [1.82, 2.24) is 5.32 Å². The van der Waals surface area contributed by atoms with Crippen molar-refractivity contribution in [3.63, 3.8) is 0 Å². The number of benzene rings is 1. The zero-order valence-corrected chi connectivity index (χ0v) is 16.4. The van der Waals surface area contributed by atoms with E-state index in [9.17, 15) is 0 Å². The third kappa shape index (κ3) is 4.09. The van der Waals surface area contributed by atoms with Crippen LogP contribution in [0.2, 0.25) is 0 Å². The lowest BCUT2D eigenvalue weighted by Crippen LogP contribution is -2.21. The van der Waals surface area contributed by atoms with Crippen LogP contribution in [0.5, 0.6) is 5.75 Å². The highest BCUT2D eigenvalue weighted by molar-refractivity contribution is 9.11. The van der Waals surface area contributed by atoms with E-state index >= 15 is 0 Å². The zero-order valence-electron chi connectivity index (χ0n) is 12.4. The summed E-state index contributed by atoms with van der Waals surface area (Å²) in [6.07, 6.45) is 0. The molecule has 0 bridgehead atoms. The third-order valence-electron chi connectivity index (χ3n) is 3.16. The summed E-state index contributed by atoms with van der Waals surface area (Å²) in [4.78, 5) is 1.32. The van der Waals surface area contributed by atoms with Crippen molar-refractivity contribution >= 4 is 43.2 Å². The molecular weight excluding hydrogens is 414 g/mol. The summed E-state index contributed by atoms with van der Waals surface area (Å²) in [6.45, 7) is 7.84. The van der Waals surface area contributed by atoms with E-state index < -0.39 is 0 Å². The van der Waals surface area contributed by atoms with Crippen LogP contribution < -0.4 is 10.1 Å². The van der Waals surface area contributed by atoms with Crippen molar-refractivity contribution in [2.24, 2.45) is 0 Å². The minimum Gasteiger partial charge on any atom is -0.493 e. The van der Waals surface area contributed by atoms with Gasteiger partial charge in [-0.05, 0) is 81.6 Å². The number of ether oxygens (including phenoxy) is 1. The van der Waals surface area contributed by atoms with Crippen LogP contribution in [-0.2, 0) is 0 Å². The first-order valence-corrected chi connectivity index (χ1v) is 9.38. The first-order valence-electron chi connectivity index (χ1n) is 6.98. The molecule has 114 valence electrons. The average Bonchev–Trinajstić information content (AvgIpc) is 2.78. The molecule has 21 heavy (non-hydrogen) atoms. The molecule has 0 spiro atoms. The van der Waals surface area contributed by atoms with Crippen LogP contribution in [-0.4, -0.2) is 13.2 Å². The van der Waals surface area contributed by atoms with E-state index in [1.165, 1.54) is 19.8 Å². The molecule has 0 radical (unpaired) electrons. The Hall–Kier alpha value is -0.360. The summed E-state index contributed by atoms with van der Waals surface area (Å²) >= 11 is 9.00. The number of hydrogen-bond acceptors (Lipinski definition) is 3. The van der Waals surface area contributed by atoms with E-state index in [1.54, 1.807) is 11.3 Å². The molecule has 2 rings (SSSR count). The summed E-state index contributed by atoms with van der Waals surface area (Å²) in [5.41, 5.74) is 2.52. The molecule has 1 aromatic carbocycles. The molecule has 1 N–H and O–H groups in total. The Morgan fingerprint density at radius 1 is 1.24 bits per heavy atom. The summed E-state index contributed by atoms with van der Waals surface area (Å²) in [7, 11) is 0. The van der Waals surface area contributed by atoms with Crippen molar-refractivity contribution in [1.29, 1.82) is 0 Å². The minimum absolute atomic E-state index is 0.206. The average molecular weight is 433 g/mol. The summed E-state index contributed by atoms with van der Waals surface area (Å²) < 4.78 is 7.78. The molecule has 0 saturated carbocycles. The van der Waals surface area contributed by atoms with Crippen LogP contribution in [0.15, 0.2) is 32.5 Å². The van der Waals surface area contributed by atoms with E-state index in [2.05, 4.69) is 69.2 Å². The van der Waals surface area contributed by atoms with E-state index in [4.69, 9.17) is 4.74 Å². The first-order chi connectivity index (χ1) is 10.1. The summed E-state index contributed by atoms with van der Waals surface area (Å²) in [5, 5.41) is 3.56. The van der Waals surface area contributed by atoms with Gasteiger partial charge in [-0.15, -0.1) is 11.3 Å². The fourth-order valence-corrected chi connectivity index (χ4v) is 4.37. The van der Waals surface area contributed by atoms with Crippen molar-refractivity contribution in [2.45, 2.75) is 26.8 Å². The van der Waals surface area contributed by atoms with Gasteiger partial charge in [0.2, 0.25) is 0 Å². The predicted molar refractivity (Wildman–Crippen MR) is 97.6 cm³/mol. The second kappa shape index (κ2) is 7.77. The Balaban J connectivity index is 2.36. The largest absolute Gasteiger partial charge is 0.493 e. The molecule has 0 saturated heterocycles. The monoisotopic (exact) mass is 431 g/mol. The van der Waals surface area contributed by atoms with Crippen molar-refractivity contribution in [2.75, 3.05) is 13.2 Å². The number of nitrogens with one attached hydrogen (secondary N) is 1. The molecule has 2 nitrogen and oxygen atoms in total. The summed E-state index contributed by atoms with van der Waals surface area (Å²) in [5.74, 6) is 0.889. The number of rotatable bonds is 6. The van der Waals surface area contributed by atoms with Crippen molar-refractivity contribution in [3.8, 4) is 5.75 Å². The second-order valence-electron chi connectivity index (χ2n) is 4.72. The molecule has 5 heteroatoms. The van der Waals surface area contributed by atoms with Gasteiger partial charge in [-0.25, -0.2) is 0 Å². The van der Waals surface area contributed by atoms with Gasteiger partial charge in [0.15, 0.2) is 0 Å². The molecule has 0 amide bonds. The SMILES string of the molecule is CCNC(c1ccc(OCC)c(Br)c1)c1cc(C)c(Br)s1. The molecule has 1 aromatic heterocycles. The van der Waals surface area contributed by atoms with Gasteiger partial charge in [-0.2, -0.15) is 0 Å². The quantitative estimate of drug-likeness (QED) is 0.633. The highest BCUT2D eigenvalue weighted by atomic mass is 79.9. The van der Waals surface area contributed by atoms with Crippen LogP contribution in [0.25, 0.3) is 0 Å². The topological polar surface area (TPSA) is 21.3 Å². The van der Waals surface area contributed by atoms with Crippen LogP contribution in [0.1, 0.15) is 35.9 Å². The van der Waals surface area contributed by atoms with Gasteiger partial charge >= 0.3 is 0 Å². The molecule has 1 atom stereocenters. The van der Waals surface area contributed by atoms with Crippen LogP contribution in [0.4, 0.5) is 0 Å². The maximum Gasteiger partial charge on any atom is 0.133 e. The maximum atomic E-state index is 5.59. The second-order valence-corrected chi connectivity index (χ2v) is 7.98. The molecule has 1 unspecified atom stereocenters. The number of halogens is 2. The van der Waals surface area contributed by atoms with E-state index in [-0.39, 0.29) is 6.04 Å². The first kappa shape index (κ1) is 17.0. The van der Waals surface area contributed by atoms with E-state index in [1.807, 2.05) is 13.0 Å². The molecule has 0 aliphatic rings. The molecule has 0 fully saturated rings. The van der Waals surface area contributed by atoms with E-state index in [0.29, 0.717) is 6.61 Å². The third-order valence-corrected chi connectivity index (χ3v) is 5.98. The summed E-state index contributed by atoms with van der Waals surface area (Å²) in [6, 6.07) is 8.75. The Morgan fingerprint density at radius 2 is 2.00 bits per heavy atom. The van der Waals surface area contributed by atoms with Gasteiger partial charge in [0.25, 0.3) is 0 Å². The van der Waals surface area contributed by atoms with Gasteiger partial charge < -0.3 is 10.1 Å². The predicted octanol–water partition coefficient (Wildman–Crippen LogP) is 5.68. The fourth-order valence-electron chi connectivity index (χ4n) is 2.18. The Labute approximate surface area is 147 Å². The van der Waals surface area contributed by atoms with Crippen molar-refractivity contribution < 1.29 is 4.74 Å². The molecule has 1 heterocycles. The van der Waals surface area contributed by atoms with Gasteiger partial charge in [-0.1, -0.05) is 13.0 Å². The minimum atomic E-state index is 0.206. The number of aryl methyl sites for hydroxylation is 1. The Morgan fingerprint density at radius 3 is 2.52 bits per heavy atom. The van der Waals surface area contributed by atoms with Crippen LogP contribution in [0.3, 0.4) is 0 Å². The highest BCUT2D eigenvalue weighted by Gasteiger charge is 2.17. The standard InChI is InChI=1S/C16H19Br2NOS/c1-4-19-15(14-8-10(3)16(18)21-14)11-6-7-13(20-5-2)12(17)9-11/h6-9,15,19H,4-5H2,1-3H3. The molecular formula is C16H19Br2NOS. The van der Waals surface area contributed by atoms with Gasteiger partial charge in [-0.3, -0.25) is 0 Å². The van der Waals surface area contributed by atoms with E-state index in [0.717, 1.165) is 16.8 Å². The lowest BCUT2D eigenvalue weighted by Gasteiger charge is -2.18. The maximum absolute atomic E-state index is 5.59. The van der Waals surface area contributed by atoms with Gasteiger partial charge in [0.1, 0.15) is 5.75 Å². The zero-order chi connectivity index (χ0) is 15.4. The molecule has 0 aliphatic carbocycles. The normalized spacial score (nSPS) is 12.4. The highest BCUT2D eigenvalue weighted by Crippen LogP contribution is 2.36. The Bertz CT molecular complexity index is 593. The van der Waals surface area contributed by atoms with Gasteiger partial charge in [0.05, 0.1) is 20.9 Å². The smallest absolute Gasteiger partial charge is 0.133 e. The van der Waals surface area contributed by atoms with Crippen LogP contribution >= 0.6 is 43.2 Å². The van der Waals surface area contributed by atoms with Gasteiger partial charge in [0, 0.05) is 4.88 Å². The van der Waals surface area contributed by atoms with Crippen LogP contribution in [0, 0.1) is 6.92 Å². The molecule has 0 aliphatic heterocycles. The Kier molecular flexibility index (Phi) is 6.29. The lowest BCUT2D eigenvalue weighted by molar-refractivity contribution is 0.338. The number of thiophene rings is 1. The molecule has 2 aromatic rings. The number of hydrogen-bond donors (Lipinski definition) is 1.